The molecular weight excluding hydrogens is 354 g/mol. The third-order valence-electron chi connectivity index (χ3n) is 4.59. The normalized spacial score (nSPS) is 12.9. The monoisotopic (exact) mass is 373 g/mol. The van der Waals surface area contributed by atoms with E-state index in [1.807, 2.05) is 62.4 Å². The summed E-state index contributed by atoms with van der Waals surface area (Å²) in [5.74, 6) is 1.30. The Morgan fingerprint density at radius 2 is 1.11 bits per heavy atom. The molecule has 3 aromatic carbocycles. The third-order valence-corrected chi connectivity index (χ3v) is 4.59. The van der Waals surface area contributed by atoms with Gasteiger partial charge in [0.25, 0.3) is 11.8 Å². The number of benzene rings is 3. The zero-order valence-electron chi connectivity index (χ0n) is 15.9. The van der Waals surface area contributed by atoms with Crippen molar-refractivity contribution in [3.8, 4) is 23.0 Å². The summed E-state index contributed by atoms with van der Waals surface area (Å²) in [4.78, 5) is 25.9. The third kappa shape index (κ3) is 3.22. The first-order chi connectivity index (χ1) is 13.4. The van der Waals surface area contributed by atoms with Crippen LogP contribution >= 0.6 is 0 Å². The van der Waals surface area contributed by atoms with Crippen molar-refractivity contribution in [2.75, 3.05) is 7.05 Å². The number of carbonyl (C=O) groups is 2. The number of rotatable bonds is 4. The second-order valence-electron chi connectivity index (χ2n) is 6.85. The van der Waals surface area contributed by atoms with Crippen LogP contribution in [0.1, 0.15) is 31.8 Å². The fraction of sp³-hybridized carbons (Fsp3) is 0.130. The van der Waals surface area contributed by atoms with Gasteiger partial charge in [0, 0.05) is 7.05 Å². The van der Waals surface area contributed by atoms with Crippen molar-refractivity contribution in [3.05, 3.63) is 82.9 Å². The lowest BCUT2D eigenvalue weighted by Gasteiger charge is -2.14. The zero-order valence-corrected chi connectivity index (χ0v) is 15.9. The summed E-state index contributed by atoms with van der Waals surface area (Å²) < 4.78 is 12.1. The van der Waals surface area contributed by atoms with Crippen LogP contribution in [0, 0.1) is 13.8 Å². The Hall–Kier alpha value is -3.60. The fourth-order valence-corrected chi connectivity index (χ4v) is 3.14. The van der Waals surface area contributed by atoms with Crippen LogP contribution in [0.25, 0.3) is 0 Å². The molecule has 1 aliphatic heterocycles. The molecule has 0 saturated carbocycles. The Morgan fingerprint density at radius 3 is 1.50 bits per heavy atom. The molecule has 0 saturated heterocycles. The smallest absolute Gasteiger partial charge is 0.261 e. The van der Waals surface area contributed by atoms with Crippen molar-refractivity contribution in [1.82, 2.24) is 4.90 Å². The molecule has 28 heavy (non-hydrogen) atoms. The van der Waals surface area contributed by atoms with E-state index in [-0.39, 0.29) is 11.8 Å². The number of hydrogen-bond acceptors (Lipinski definition) is 4. The SMILES string of the molecule is Cc1cccc(Oc2cc3c(cc2Oc2cccc(C)c2)C(=O)N(C)C3=O)c1. The molecule has 1 heterocycles. The molecule has 0 unspecified atom stereocenters. The van der Waals surface area contributed by atoms with Crippen LogP contribution in [0.3, 0.4) is 0 Å². The number of amides is 2. The van der Waals surface area contributed by atoms with Crippen LogP contribution in [0.5, 0.6) is 23.0 Å². The first kappa shape index (κ1) is 17.8. The average molecular weight is 373 g/mol. The van der Waals surface area contributed by atoms with E-state index in [4.69, 9.17) is 9.47 Å². The number of hydrogen-bond donors (Lipinski definition) is 0. The molecular formula is C23H19NO4. The molecule has 0 bridgehead atoms. The minimum Gasteiger partial charge on any atom is -0.453 e. The van der Waals surface area contributed by atoms with Gasteiger partial charge in [0.2, 0.25) is 0 Å². The number of ether oxygens (including phenoxy) is 2. The molecule has 0 aliphatic carbocycles. The van der Waals surface area contributed by atoms with Gasteiger partial charge in [0.1, 0.15) is 11.5 Å². The van der Waals surface area contributed by atoms with Crippen molar-refractivity contribution >= 4 is 11.8 Å². The van der Waals surface area contributed by atoms with Gasteiger partial charge in [-0.3, -0.25) is 14.5 Å². The van der Waals surface area contributed by atoms with Crippen molar-refractivity contribution in [3.63, 3.8) is 0 Å². The van der Waals surface area contributed by atoms with E-state index in [1.165, 1.54) is 7.05 Å². The Bertz CT molecular complexity index is 1020. The highest BCUT2D eigenvalue weighted by Gasteiger charge is 2.34. The predicted molar refractivity (Wildman–Crippen MR) is 105 cm³/mol. The summed E-state index contributed by atoms with van der Waals surface area (Å²) in [5.41, 5.74) is 2.72. The summed E-state index contributed by atoms with van der Waals surface area (Å²) in [6.45, 7) is 3.94. The largest absolute Gasteiger partial charge is 0.453 e. The van der Waals surface area contributed by atoms with Gasteiger partial charge in [0.15, 0.2) is 11.5 Å². The average Bonchev–Trinajstić information content (AvgIpc) is 2.86. The minimum absolute atomic E-state index is 0.312. The molecule has 0 N–H and O–H groups in total. The lowest BCUT2D eigenvalue weighted by Crippen LogP contribution is -2.24. The molecule has 5 nitrogen and oxygen atoms in total. The lowest BCUT2D eigenvalue weighted by molar-refractivity contribution is 0.0693. The van der Waals surface area contributed by atoms with Gasteiger partial charge in [-0.2, -0.15) is 0 Å². The van der Waals surface area contributed by atoms with Crippen molar-refractivity contribution < 1.29 is 19.1 Å². The highest BCUT2D eigenvalue weighted by Crippen LogP contribution is 2.39. The highest BCUT2D eigenvalue weighted by atomic mass is 16.5. The van der Waals surface area contributed by atoms with E-state index < -0.39 is 0 Å². The number of nitrogens with zero attached hydrogens (tertiary/aromatic N) is 1. The van der Waals surface area contributed by atoms with E-state index in [2.05, 4.69) is 0 Å². The second-order valence-corrected chi connectivity index (χ2v) is 6.85. The van der Waals surface area contributed by atoms with Crippen LogP contribution in [-0.4, -0.2) is 23.8 Å². The number of carbonyl (C=O) groups excluding carboxylic acids is 2. The predicted octanol–water partition coefficient (Wildman–Crippen LogP) is 5.11. The number of aryl methyl sites for hydroxylation is 2. The molecule has 0 atom stereocenters. The van der Waals surface area contributed by atoms with E-state index in [0.717, 1.165) is 16.0 Å². The fourth-order valence-electron chi connectivity index (χ4n) is 3.14. The van der Waals surface area contributed by atoms with E-state index in [0.29, 0.717) is 34.1 Å². The van der Waals surface area contributed by atoms with Gasteiger partial charge < -0.3 is 9.47 Å². The topological polar surface area (TPSA) is 55.8 Å². The minimum atomic E-state index is -0.351. The van der Waals surface area contributed by atoms with Gasteiger partial charge in [-0.15, -0.1) is 0 Å². The first-order valence-corrected chi connectivity index (χ1v) is 8.92. The molecule has 0 radical (unpaired) electrons. The molecule has 3 aromatic rings. The zero-order chi connectivity index (χ0) is 19.8. The van der Waals surface area contributed by atoms with Gasteiger partial charge in [-0.1, -0.05) is 24.3 Å². The highest BCUT2D eigenvalue weighted by molar-refractivity contribution is 6.21. The molecule has 4 rings (SSSR count). The van der Waals surface area contributed by atoms with Gasteiger partial charge in [0.05, 0.1) is 11.1 Å². The number of fused-ring (bicyclic) bond motifs is 1. The summed E-state index contributed by atoms with van der Waals surface area (Å²) in [6.07, 6.45) is 0. The van der Waals surface area contributed by atoms with Gasteiger partial charge in [-0.25, -0.2) is 0 Å². The molecule has 2 amide bonds. The van der Waals surface area contributed by atoms with Gasteiger partial charge in [-0.05, 0) is 61.4 Å². The Kier molecular flexibility index (Phi) is 4.35. The molecule has 1 aliphatic rings. The van der Waals surface area contributed by atoms with E-state index >= 15 is 0 Å². The van der Waals surface area contributed by atoms with Crippen LogP contribution in [0.4, 0.5) is 0 Å². The van der Waals surface area contributed by atoms with Crippen molar-refractivity contribution in [2.24, 2.45) is 0 Å². The lowest BCUT2D eigenvalue weighted by atomic mass is 10.1. The molecule has 140 valence electrons. The quantitative estimate of drug-likeness (QED) is 0.596. The summed E-state index contributed by atoms with van der Waals surface area (Å²) in [5, 5.41) is 0. The van der Waals surface area contributed by atoms with E-state index in [9.17, 15) is 9.59 Å². The maximum atomic E-state index is 12.4. The maximum absolute atomic E-state index is 12.4. The molecule has 0 fully saturated rings. The Labute approximate surface area is 163 Å². The summed E-state index contributed by atoms with van der Waals surface area (Å²) >= 11 is 0. The second kappa shape index (κ2) is 6.85. The summed E-state index contributed by atoms with van der Waals surface area (Å²) in [6, 6.07) is 18.3. The summed E-state index contributed by atoms with van der Waals surface area (Å²) in [7, 11) is 1.47. The Balaban J connectivity index is 1.80. The van der Waals surface area contributed by atoms with Gasteiger partial charge >= 0.3 is 0 Å². The van der Waals surface area contributed by atoms with Crippen molar-refractivity contribution in [1.29, 1.82) is 0 Å². The van der Waals surface area contributed by atoms with Crippen LogP contribution in [-0.2, 0) is 0 Å². The number of imide groups is 1. The standard InChI is InChI=1S/C23H19NO4/c1-14-6-4-8-16(10-14)27-20-12-18-19(23(26)24(3)22(18)25)13-21(20)28-17-9-5-7-15(2)11-17/h4-13H,1-3H3. The maximum Gasteiger partial charge on any atom is 0.261 e. The molecule has 5 heteroatoms. The molecule has 0 aromatic heterocycles. The van der Waals surface area contributed by atoms with E-state index in [1.54, 1.807) is 12.1 Å². The first-order valence-electron chi connectivity index (χ1n) is 8.92. The van der Waals surface area contributed by atoms with Crippen LogP contribution in [0.15, 0.2) is 60.7 Å². The van der Waals surface area contributed by atoms with Crippen LogP contribution in [0.2, 0.25) is 0 Å². The Morgan fingerprint density at radius 1 is 0.679 bits per heavy atom. The van der Waals surface area contributed by atoms with Crippen LogP contribution < -0.4 is 9.47 Å². The molecule has 0 spiro atoms. The van der Waals surface area contributed by atoms with Crippen molar-refractivity contribution in [2.45, 2.75) is 13.8 Å².